The predicted molar refractivity (Wildman–Crippen MR) is 89.2 cm³/mol. The van der Waals surface area contributed by atoms with Crippen molar-refractivity contribution >= 4 is 6.09 Å². The van der Waals surface area contributed by atoms with Crippen LogP contribution >= 0.6 is 0 Å². The molecule has 0 aliphatic rings. The molecule has 1 amide bonds. The Morgan fingerprint density at radius 2 is 2.00 bits per heavy atom. The lowest BCUT2D eigenvalue weighted by atomic mass is 10.1. The van der Waals surface area contributed by atoms with Crippen molar-refractivity contribution in [2.45, 2.75) is 32.2 Å². The van der Waals surface area contributed by atoms with Crippen LogP contribution in [0.15, 0.2) is 48.7 Å². The molecule has 3 N–H and O–H groups in total. The van der Waals surface area contributed by atoms with Crippen LogP contribution in [0.5, 0.6) is 0 Å². The summed E-state index contributed by atoms with van der Waals surface area (Å²) < 4.78 is 5.06. The summed E-state index contributed by atoms with van der Waals surface area (Å²) in [4.78, 5) is 15.6. The Hall–Kier alpha value is -2.44. The van der Waals surface area contributed by atoms with E-state index in [9.17, 15) is 15.0 Å². The first-order valence-corrected chi connectivity index (χ1v) is 7.79. The van der Waals surface area contributed by atoms with Crippen molar-refractivity contribution in [1.82, 2.24) is 10.3 Å². The Kier molecular flexibility index (Phi) is 6.72. The fraction of sp³-hybridized carbons (Fsp3) is 0.333. The number of nitrogens with zero attached hydrogens (tertiary/aromatic N) is 1. The molecular weight excluding hydrogens is 308 g/mol. The summed E-state index contributed by atoms with van der Waals surface area (Å²) in [7, 11) is 0. The highest BCUT2D eigenvalue weighted by atomic mass is 16.5. The Morgan fingerprint density at radius 1 is 1.25 bits per heavy atom. The van der Waals surface area contributed by atoms with Gasteiger partial charge in [0, 0.05) is 12.7 Å². The van der Waals surface area contributed by atoms with Gasteiger partial charge < -0.3 is 20.3 Å². The molecule has 0 radical (unpaired) electrons. The van der Waals surface area contributed by atoms with E-state index in [0.29, 0.717) is 5.69 Å². The van der Waals surface area contributed by atoms with E-state index in [1.54, 1.807) is 12.3 Å². The van der Waals surface area contributed by atoms with Gasteiger partial charge in [-0.15, -0.1) is 0 Å². The largest absolute Gasteiger partial charge is 0.445 e. The molecule has 2 aromatic rings. The Bertz CT molecular complexity index is 648. The third kappa shape index (κ3) is 5.64. The highest BCUT2D eigenvalue weighted by Gasteiger charge is 2.19. The van der Waals surface area contributed by atoms with Crippen LogP contribution in [0.4, 0.5) is 4.79 Å². The lowest BCUT2D eigenvalue weighted by molar-refractivity contribution is 0.0111. The second-order valence-electron chi connectivity index (χ2n) is 5.55. The molecule has 0 bridgehead atoms. The number of carbonyl (C=O) groups excluding carboxylic acids is 1. The quantitative estimate of drug-likeness (QED) is 0.723. The van der Waals surface area contributed by atoms with E-state index in [4.69, 9.17) is 4.74 Å². The van der Waals surface area contributed by atoms with Crippen molar-refractivity contribution < 1.29 is 19.7 Å². The summed E-state index contributed by atoms with van der Waals surface area (Å²) in [6.45, 7) is 2.26. The van der Waals surface area contributed by atoms with Gasteiger partial charge in [0.1, 0.15) is 12.7 Å². The van der Waals surface area contributed by atoms with Crippen LogP contribution in [0.1, 0.15) is 29.3 Å². The van der Waals surface area contributed by atoms with Gasteiger partial charge in [-0.05, 0) is 36.6 Å². The molecule has 6 nitrogen and oxygen atoms in total. The number of hydrogen-bond donors (Lipinski definition) is 3. The molecule has 1 aromatic heterocycles. The zero-order valence-corrected chi connectivity index (χ0v) is 13.6. The van der Waals surface area contributed by atoms with E-state index in [0.717, 1.165) is 11.1 Å². The maximum atomic E-state index is 11.6. The summed E-state index contributed by atoms with van der Waals surface area (Å²) in [5.41, 5.74) is 2.26. The molecule has 2 atom stereocenters. The first kappa shape index (κ1) is 17.9. The number of aliphatic hydroxyl groups excluding tert-OH is 2. The van der Waals surface area contributed by atoms with Crippen LogP contribution in [0.25, 0.3) is 0 Å². The summed E-state index contributed by atoms with van der Waals surface area (Å²) in [6, 6.07) is 12.9. The van der Waals surface area contributed by atoms with Gasteiger partial charge in [-0.2, -0.15) is 0 Å². The van der Waals surface area contributed by atoms with Gasteiger partial charge in [0.15, 0.2) is 0 Å². The van der Waals surface area contributed by atoms with Crippen molar-refractivity contribution in [3.05, 3.63) is 65.5 Å². The van der Waals surface area contributed by atoms with Crippen molar-refractivity contribution in [3.63, 3.8) is 0 Å². The summed E-state index contributed by atoms with van der Waals surface area (Å²) >= 11 is 0. The first-order chi connectivity index (χ1) is 11.6. The molecule has 2 unspecified atom stereocenters. The average Bonchev–Trinajstić information content (AvgIpc) is 2.60. The Balaban J connectivity index is 1.70. The van der Waals surface area contributed by atoms with E-state index in [1.807, 2.05) is 43.3 Å². The number of benzene rings is 1. The smallest absolute Gasteiger partial charge is 0.407 e. The van der Waals surface area contributed by atoms with E-state index in [1.165, 1.54) is 0 Å². The number of aryl methyl sites for hydroxylation is 1. The number of nitrogens with one attached hydrogen (secondary N) is 1. The monoisotopic (exact) mass is 330 g/mol. The SMILES string of the molecule is Cc1ccnc(C(O)C(O)CCNC(=O)OCc2ccccc2)c1. The van der Waals surface area contributed by atoms with Crippen molar-refractivity contribution in [1.29, 1.82) is 0 Å². The molecule has 0 aliphatic heterocycles. The molecule has 0 spiro atoms. The summed E-state index contributed by atoms with van der Waals surface area (Å²) in [5.74, 6) is 0. The third-order valence-corrected chi connectivity index (χ3v) is 3.53. The van der Waals surface area contributed by atoms with Crippen LogP contribution in [0.3, 0.4) is 0 Å². The van der Waals surface area contributed by atoms with Crippen molar-refractivity contribution in [2.24, 2.45) is 0 Å². The molecule has 0 aliphatic carbocycles. The minimum absolute atomic E-state index is 0.186. The van der Waals surface area contributed by atoms with Crippen molar-refractivity contribution in [2.75, 3.05) is 6.54 Å². The van der Waals surface area contributed by atoms with Crippen LogP contribution in [-0.4, -0.2) is 33.9 Å². The molecule has 24 heavy (non-hydrogen) atoms. The van der Waals surface area contributed by atoms with Gasteiger partial charge in [0.25, 0.3) is 0 Å². The van der Waals surface area contributed by atoms with Crippen LogP contribution < -0.4 is 5.32 Å². The highest BCUT2D eigenvalue weighted by molar-refractivity contribution is 5.67. The zero-order valence-electron chi connectivity index (χ0n) is 13.6. The minimum atomic E-state index is -1.09. The van der Waals surface area contributed by atoms with E-state index in [2.05, 4.69) is 10.3 Å². The summed E-state index contributed by atoms with van der Waals surface area (Å²) in [6.07, 6.45) is -0.896. The minimum Gasteiger partial charge on any atom is -0.445 e. The standard InChI is InChI=1S/C18H22N2O4/c1-13-7-9-19-15(11-13)17(22)16(21)8-10-20-18(23)24-12-14-5-3-2-4-6-14/h2-7,9,11,16-17,21-22H,8,10,12H2,1H3,(H,20,23). The lowest BCUT2D eigenvalue weighted by Crippen LogP contribution is -2.30. The number of carbonyl (C=O) groups is 1. The van der Waals surface area contributed by atoms with E-state index < -0.39 is 18.3 Å². The molecular formula is C18H22N2O4. The van der Waals surface area contributed by atoms with Gasteiger partial charge in [0.05, 0.1) is 11.8 Å². The fourth-order valence-electron chi connectivity index (χ4n) is 2.17. The second-order valence-corrected chi connectivity index (χ2v) is 5.55. The van der Waals surface area contributed by atoms with Crippen LogP contribution in [0.2, 0.25) is 0 Å². The molecule has 0 fully saturated rings. The van der Waals surface area contributed by atoms with Gasteiger partial charge in [-0.3, -0.25) is 4.98 Å². The van der Waals surface area contributed by atoms with Gasteiger partial charge >= 0.3 is 6.09 Å². The van der Waals surface area contributed by atoms with Gasteiger partial charge in [0.2, 0.25) is 0 Å². The topological polar surface area (TPSA) is 91.7 Å². The number of alkyl carbamates (subject to hydrolysis) is 1. The molecule has 2 rings (SSSR count). The average molecular weight is 330 g/mol. The number of rotatable bonds is 7. The molecule has 0 saturated heterocycles. The van der Waals surface area contributed by atoms with E-state index in [-0.39, 0.29) is 19.6 Å². The van der Waals surface area contributed by atoms with Crippen LogP contribution in [-0.2, 0) is 11.3 Å². The predicted octanol–water partition coefficient (Wildman–Crippen LogP) is 2.10. The van der Waals surface area contributed by atoms with Crippen molar-refractivity contribution in [3.8, 4) is 0 Å². The number of aliphatic hydroxyl groups is 2. The molecule has 1 aromatic carbocycles. The maximum absolute atomic E-state index is 11.6. The molecule has 0 saturated carbocycles. The summed E-state index contributed by atoms with van der Waals surface area (Å²) in [5, 5.41) is 22.6. The maximum Gasteiger partial charge on any atom is 0.407 e. The highest BCUT2D eigenvalue weighted by Crippen LogP contribution is 2.17. The lowest BCUT2D eigenvalue weighted by Gasteiger charge is -2.17. The number of aromatic nitrogens is 1. The second kappa shape index (κ2) is 9.00. The number of amides is 1. The first-order valence-electron chi connectivity index (χ1n) is 7.79. The number of ether oxygens (including phenoxy) is 1. The molecule has 1 heterocycles. The van der Waals surface area contributed by atoms with Crippen LogP contribution in [0, 0.1) is 6.92 Å². The Morgan fingerprint density at radius 3 is 2.71 bits per heavy atom. The zero-order chi connectivity index (χ0) is 17.4. The van der Waals surface area contributed by atoms with Gasteiger partial charge in [-0.25, -0.2) is 4.79 Å². The normalized spacial score (nSPS) is 13.1. The Labute approximate surface area is 141 Å². The molecule has 6 heteroatoms. The van der Waals surface area contributed by atoms with E-state index >= 15 is 0 Å². The fourth-order valence-corrected chi connectivity index (χ4v) is 2.17. The van der Waals surface area contributed by atoms with Gasteiger partial charge in [-0.1, -0.05) is 30.3 Å². The number of hydrogen-bond acceptors (Lipinski definition) is 5. The number of pyridine rings is 1. The molecule has 128 valence electrons. The third-order valence-electron chi connectivity index (χ3n) is 3.53.